The summed E-state index contributed by atoms with van der Waals surface area (Å²) in [5, 5.41) is 5.04. The number of hydrogen-bond donors (Lipinski definition) is 2. The van der Waals surface area contributed by atoms with Gasteiger partial charge in [0.15, 0.2) is 0 Å². The van der Waals surface area contributed by atoms with Crippen LogP contribution in [-0.4, -0.2) is 78.7 Å². The van der Waals surface area contributed by atoms with Gasteiger partial charge in [-0.05, 0) is 73.4 Å². The lowest BCUT2D eigenvalue weighted by Gasteiger charge is -2.36. The Morgan fingerprint density at radius 2 is 1.75 bits per heavy atom. The molecular weight excluding hydrogens is 554 g/mol. The van der Waals surface area contributed by atoms with Crippen LogP contribution in [0.3, 0.4) is 0 Å². The highest BCUT2D eigenvalue weighted by molar-refractivity contribution is 7.89. The Morgan fingerprint density at radius 3 is 2.52 bits per heavy atom. The van der Waals surface area contributed by atoms with Crippen molar-refractivity contribution >= 4 is 50.1 Å². The Hall–Kier alpha value is -3.54. The van der Waals surface area contributed by atoms with E-state index in [1.807, 2.05) is 0 Å². The fourth-order valence-electron chi connectivity index (χ4n) is 5.28. The third-order valence-corrected chi connectivity index (χ3v) is 9.16. The van der Waals surface area contributed by atoms with Gasteiger partial charge in [0.1, 0.15) is 12.1 Å². The maximum absolute atomic E-state index is 13.4. The minimum absolute atomic E-state index is 0.0471. The molecule has 0 radical (unpaired) electrons. The second-order valence-corrected chi connectivity index (χ2v) is 12.3. The van der Waals surface area contributed by atoms with E-state index in [-0.39, 0.29) is 35.7 Å². The Kier molecular flexibility index (Phi) is 8.07. The molecular formula is C28H30ClN5O5S. The highest BCUT2D eigenvalue weighted by atomic mass is 35.5. The molecule has 0 saturated carbocycles. The molecule has 2 N–H and O–H groups in total. The number of hydrogen-bond acceptors (Lipinski definition) is 6. The largest absolute Gasteiger partial charge is 0.348 e. The molecule has 10 nitrogen and oxygen atoms in total. The summed E-state index contributed by atoms with van der Waals surface area (Å²) in [4.78, 5) is 46.2. The summed E-state index contributed by atoms with van der Waals surface area (Å²) < 4.78 is 28.7. The standard InChI is InChI=1S/C28H30ClN5O5S/c1-18(27(36)33-13-2-3-23(17-33)31-26(35)19-8-11-30-12-9-19)34-14-10-25(28(34)37)32-40(38,39)24-7-5-20-15-22(29)6-4-21(20)16-24/h4-9,11-12,15-16,18,23,25,32H,2-3,10,13-14,17H2,1H3,(H,31,35). The minimum atomic E-state index is -3.98. The normalized spacial score (nSPS) is 20.5. The summed E-state index contributed by atoms with van der Waals surface area (Å²) in [6.07, 6.45) is 4.80. The van der Waals surface area contributed by atoms with E-state index in [1.54, 1.807) is 60.6 Å². The van der Waals surface area contributed by atoms with Gasteiger partial charge >= 0.3 is 0 Å². The molecule has 0 spiro atoms. The van der Waals surface area contributed by atoms with Crippen molar-refractivity contribution in [3.63, 3.8) is 0 Å². The van der Waals surface area contributed by atoms with Crippen LogP contribution in [0.4, 0.5) is 0 Å². The highest BCUT2D eigenvalue weighted by Crippen LogP contribution is 2.24. The molecule has 3 heterocycles. The lowest BCUT2D eigenvalue weighted by Crippen LogP contribution is -2.55. The average molecular weight is 584 g/mol. The molecule has 2 fully saturated rings. The van der Waals surface area contributed by atoms with Crippen LogP contribution in [-0.2, 0) is 19.6 Å². The van der Waals surface area contributed by atoms with Gasteiger partial charge in [-0.3, -0.25) is 19.4 Å². The number of piperidine rings is 1. The van der Waals surface area contributed by atoms with E-state index < -0.39 is 28.0 Å². The first-order valence-electron chi connectivity index (χ1n) is 13.1. The second-order valence-electron chi connectivity index (χ2n) is 10.2. The number of nitrogens with zero attached hydrogens (tertiary/aromatic N) is 3. The molecule has 2 aromatic carbocycles. The van der Waals surface area contributed by atoms with Crippen LogP contribution in [0.2, 0.25) is 5.02 Å². The molecule has 3 atom stereocenters. The van der Waals surface area contributed by atoms with E-state index in [4.69, 9.17) is 11.6 Å². The first-order valence-corrected chi connectivity index (χ1v) is 15.0. The summed E-state index contributed by atoms with van der Waals surface area (Å²) in [6, 6.07) is 11.2. The summed E-state index contributed by atoms with van der Waals surface area (Å²) in [5.74, 6) is -0.890. The molecule has 3 unspecified atom stereocenters. The van der Waals surface area contributed by atoms with Crippen molar-refractivity contribution in [1.82, 2.24) is 24.8 Å². The zero-order valence-corrected chi connectivity index (χ0v) is 23.5. The summed E-state index contributed by atoms with van der Waals surface area (Å²) in [7, 11) is -3.98. The number of halogens is 1. The number of carbonyl (C=O) groups is 3. The fourth-order valence-corrected chi connectivity index (χ4v) is 6.72. The summed E-state index contributed by atoms with van der Waals surface area (Å²) in [6.45, 7) is 2.78. The first kappa shape index (κ1) is 28.0. The molecule has 3 amide bonds. The molecule has 0 bridgehead atoms. The van der Waals surface area contributed by atoms with E-state index in [9.17, 15) is 22.8 Å². The number of fused-ring (bicyclic) bond motifs is 1. The number of benzene rings is 2. The van der Waals surface area contributed by atoms with Crippen molar-refractivity contribution in [1.29, 1.82) is 0 Å². The van der Waals surface area contributed by atoms with Crippen LogP contribution >= 0.6 is 11.6 Å². The number of rotatable bonds is 7. The molecule has 12 heteroatoms. The van der Waals surface area contributed by atoms with Crippen LogP contribution < -0.4 is 10.0 Å². The van der Waals surface area contributed by atoms with Crippen molar-refractivity contribution in [2.75, 3.05) is 19.6 Å². The third kappa shape index (κ3) is 5.96. The van der Waals surface area contributed by atoms with Crippen molar-refractivity contribution in [3.8, 4) is 0 Å². The molecule has 1 aromatic heterocycles. The topological polar surface area (TPSA) is 129 Å². The third-order valence-electron chi connectivity index (χ3n) is 7.46. The zero-order valence-electron chi connectivity index (χ0n) is 21.9. The monoisotopic (exact) mass is 583 g/mol. The molecule has 5 rings (SSSR count). The van der Waals surface area contributed by atoms with Crippen LogP contribution in [0.1, 0.15) is 36.5 Å². The molecule has 210 valence electrons. The Balaban J connectivity index is 1.20. The van der Waals surface area contributed by atoms with Crippen molar-refractivity contribution < 1.29 is 22.8 Å². The molecule has 2 aliphatic rings. The van der Waals surface area contributed by atoms with Gasteiger partial charge in [-0.15, -0.1) is 0 Å². The van der Waals surface area contributed by atoms with Crippen molar-refractivity contribution in [3.05, 3.63) is 71.5 Å². The van der Waals surface area contributed by atoms with Gasteiger partial charge in [-0.25, -0.2) is 8.42 Å². The van der Waals surface area contributed by atoms with E-state index in [0.717, 1.165) is 11.8 Å². The molecule has 40 heavy (non-hydrogen) atoms. The predicted molar refractivity (Wildman–Crippen MR) is 150 cm³/mol. The van der Waals surface area contributed by atoms with Crippen LogP contribution in [0, 0.1) is 0 Å². The van der Waals surface area contributed by atoms with Gasteiger partial charge in [-0.2, -0.15) is 4.72 Å². The number of amides is 3. The quantitative estimate of drug-likeness (QED) is 0.440. The summed E-state index contributed by atoms with van der Waals surface area (Å²) >= 11 is 6.02. The zero-order chi connectivity index (χ0) is 28.4. The van der Waals surface area contributed by atoms with Gasteiger partial charge in [0.25, 0.3) is 5.91 Å². The minimum Gasteiger partial charge on any atom is -0.348 e. The lowest BCUT2D eigenvalue weighted by molar-refractivity contribution is -0.144. The average Bonchev–Trinajstić information content (AvgIpc) is 3.31. The Morgan fingerprint density at radius 1 is 1.02 bits per heavy atom. The molecule has 0 aliphatic carbocycles. The molecule has 2 saturated heterocycles. The number of pyridine rings is 1. The SMILES string of the molecule is CC(C(=O)N1CCCC(NC(=O)c2ccncc2)C1)N1CCC(NS(=O)(=O)c2ccc3cc(Cl)ccc3c2)C1=O. The second kappa shape index (κ2) is 11.5. The first-order chi connectivity index (χ1) is 19.1. The van der Waals surface area contributed by atoms with Crippen LogP contribution in [0.5, 0.6) is 0 Å². The number of aromatic nitrogens is 1. The number of carbonyl (C=O) groups excluding carboxylic acids is 3. The highest BCUT2D eigenvalue weighted by Gasteiger charge is 2.40. The smallest absolute Gasteiger partial charge is 0.251 e. The predicted octanol–water partition coefficient (Wildman–Crippen LogP) is 2.58. The number of likely N-dealkylation sites (tertiary alicyclic amines) is 2. The summed E-state index contributed by atoms with van der Waals surface area (Å²) in [5.41, 5.74) is 0.496. The Bertz CT molecular complexity index is 1550. The van der Waals surface area contributed by atoms with Gasteiger partial charge in [0.05, 0.1) is 4.90 Å². The molecule has 3 aromatic rings. The molecule has 2 aliphatic heterocycles. The van der Waals surface area contributed by atoms with Crippen molar-refractivity contribution in [2.24, 2.45) is 0 Å². The van der Waals surface area contributed by atoms with Crippen LogP contribution in [0.25, 0.3) is 10.8 Å². The van der Waals surface area contributed by atoms with Gasteiger partial charge in [0.2, 0.25) is 21.8 Å². The Labute approximate surface area is 237 Å². The number of sulfonamides is 1. The number of nitrogens with one attached hydrogen (secondary N) is 2. The van der Waals surface area contributed by atoms with Crippen LogP contribution in [0.15, 0.2) is 65.8 Å². The maximum atomic E-state index is 13.4. The van der Waals surface area contributed by atoms with E-state index in [2.05, 4.69) is 15.0 Å². The maximum Gasteiger partial charge on any atom is 0.251 e. The van der Waals surface area contributed by atoms with Gasteiger partial charge < -0.3 is 15.1 Å². The van der Waals surface area contributed by atoms with E-state index in [0.29, 0.717) is 35.5 Å². The van der Waals surface area contributed by atoms with Crippen molar-refractivity contribution in [2.45, 2.75) is 49.2 Å². The fraction of sp³-hybridized carbons (Fsp3) is 0.357. The van der Waals surface area contributed by atoms with Gasteiger partial charge in [-0.1, -0.05) is 23.7 Å². The van der Waals surface area contributed by atoms with E-state index in [1.165, 1.54) is 17.0 Å². The van der Waals surface area contributed by atoms with Gasteiger partial charge in [0, 0.05) is 48.7 Å². The lowest BCUT2D eigenvalue weighted by atomic mass is 10.0. The van der Waals surface area contributed by atoms with E-state index >= 15 is 0 Å².